The summed E-state index contributed by atoms with van der Waals surface area (Å²) >= 11 is 0. The first-order valence-electron chi connectivity index (χ1n) is 7.64. The van der Waals surface area contributed by atoms with Crippen LogP contribution in [0.5, 0.6) is 11.5 Å². The number of nitrogens with zero attached hydrogens (tertiary/aromatic N) is 1. The van der Waals surface area contributed by atoms with Crippen molar-refractivity contribution in [3.8, 4) is 11.5 Å². The lowest BCUT2D eigenvalue weighted by molar-refractivity contribution is -0.125. The summed E-state index contributed by atoms with van der Waals surface area (Å²) in [7, 11) is 0. The molecule has 0 bridgehead atoms. The summed E-state index contributed by atoms with van der Waals surface area (Å²) in [5, 5.41) is 3.04. The lowest BCUT2D eigenvalue weighted by Gasteiger charge is -2.32. The lowest BCUT2D eigenvalue weighted by atomic mass is 10.1. The number of rotatable bonds is 4. The van der Waals surface area contributed by atoms with Gasteiger partial charge in [-0.1, -0.05) is 6.07 Å². The van der Waals surface area contributed by atoms with Gasteiger partial charge in [0.15, 0.2) is 11.5 Å². The number of carbonyl (C=O) groups is 1. The predicted molar refractivity (Wildman–Crippen MR) is 81.0 cm³/mol. The largest absolute Gasteiger partial charge is 0.454 e. The van der Waals surface area contributed by atoms with E-state index in [-0.39, 0.29) is 24.8 Å². The molecule has 3 rings (SSSR count). The molecule has 6 heteroatoms. The smallest absolute Gasteiger partial charge is 0.234 e. The van der Waals surface area contributed by atoms with E-state index >= 15 is 0 Å². The van der Waals surface area contributed by atoms with Gasteiger partial charge < -0.3 is 19.5 Å². The minimum Gasteiger partial charge on any atom is -0.454 e. The van der Waals surface area contributed by atoms with Crippen LogP contribution in [0.15, 0.2) is 18.2 Å². The molecular formula is C16H22N2O4. The van der Waals surface area contributed by atoms with E-state index in [0.29, 0.717) is 19.8 Å². The number of morpholine rings is 1. The second-order valence-corrected chi connectivity index (χ2v) is 5.80. The van der Waals surface area contributed by atoms with Gasteiger partial charge in [0.05, 0.1) is 25.8 Å². The molecule has 1 fully saturated rings. The fourth-order valence-corrected chi connectivity index (χ4v) is 2.73. The summed E-state index contributed by atoms with van der Waals surface area (Å²) in [5.74, 6) is 1.52. The third-order valence-electron chi connectivity index (χ3n) is 4.13. The molecule has 22 heavy (non-hydrogen) atoms. The Labute approximate surface area is 130 Å². The Kier molecular flexibility index (Phi) is 4.49. The van der Waals surface area contributed by atoms with E-state index < -0.39 is 0 Å². The molecule has 2 heterocycles. The van der Waals surface area contributed by atoms with Crippen LogP contribution in [-0.2, 0) is 9.53 Å². The first-order chi connectivity index (χ1) is 10.6. The molecule has 1 aromatic carbocycles. The number of nitrogens with one attached hydrogen (secondary N) is 1. The van der Waals surface area contributed by atoms with Crippen molar-refractivity contribution in [2.45, 2.75) is 25.9 Å². The molecule has 6 nitrogen and oxygen atoms in total. The van der Waals surface area contributed by atoms with Crippen molar-refractivity contribution >= 4 is 5.91 Å². The average Bonchev–Trinajstić information content (AvgIpc) is 2.97. The molecular weight excluding hydrogens is 284 g/mol. The summed E-state index contributed by atoms with van der Waals surface area (Å²) in [6, 6.07) is 5.96. The normalized spacial score (nSPS) is 22.4. The maximum absolute atomic E-state index is 12.2. The van der Waals surface area contributed by atoms with Gasteiger partial charge in [-0.2, -0.15) is 0 Å². The molecule has 1 saturated heterocycles. The number of ether oxygens (including phenoxy) is 3. The van der Waals surface area contributed by atoms with Crippen LogP contribution in [0.4, 0.5) is 0 Å². The number of carbonyl (C=O) groups excluding carboxylic acids is 1. The minimum absolute atomic E-state index is 0.0268. The van der Waals surface area contributed by atoms with Crippen LogP contribution in [0.25, 0.3) is 0 Å². The summed E-state index contributed by atoms with van der Waals surface area (Å²) in [5.41, 5.74) is 1.01. The molecule has 0 aliphatic carbocycles. The maximum Gasteiger partial charge on any atom is 0.234 e. The molecule has 0 aromatic heterocycles. The van der Waals surface area contributed by atoms with Crippen molar-refractivity contribution in [3.63, 3.8) is 0 Å². The van der Waals surface area contributed by atoms with E-state index in [0.717, 1.165) is 23.6 Å². The highest BCUT2D eigenvalue weighted by atomic mass is 16.7. The first kappa shape index (κ1) is 15.1. The second kappa shape index (κ2) is 6.54. The summed E-state index contributed by atoms with van der Waals surface area (Å²) in [6.45, 7) is 6.88. The third-order valence-corrected chi connectivity index (χ3v) is 4.13. The SMILES string of the molecule is C[C@@H]1COCCN1CC(=O)N[C@H](C)c1ccc2c(c1)OCO2. The Bertz CT molecular complexity index is 549. The van der Waals surface area contributed by atoms with Crippen LogP contribution in [0, 0.1) is 0 Å². The zero-order chi connectivity index (χ0) is 15.5. The van der Waals surface area contributed by atoms with Gasteiger partial charge in [0.2, 0.25) is 12.7 Å². The summed E-state index contributed by atoms with van der Waals surface area (Å²) in [4.78, 5) is 14.4. The van der Waals surface area contributed by atoms with E-state index in [1.807, 2.05) is 25.1 Å². The topological polar surface area (TPSA) is 60.0 Å². The quantitative estimate of drug-likeness (QED) is 0.909. The van der Waals surface area contributed by atoms with Crippen molar-refractivity contribution in [1.29, 1.82) is 0 Å². The van der Waals surface area contributed by atoms with E-state index in [1.54, 1.807) is 0 Å². The number of amides is 1. The third kappa shape index (κ3) is 3.34. The van der Waals surface area contributed by atoms with E-state index in [4.69, 9.17) is 14.2 Å². The molecule has 1 aromatic rings. The Morgan fingerprint density at radius 3 is 3.05 bits per heavy atom. The fraction of sp³-hybridized carbons (Fsp3) is 0.562. The minimum atomic E-state index is -0.0710. The number of hydrogen-bond donors (Lipinski definition) is 1. The fourth-order valence-electron chi connectivity index (χ4n) is 2.73. The highest BCUT2D eigenvalue weighted by molar-refractivity contribution is 5.78. The van der Waals surface area contributed by atoms with Crippen LogP contribution >= 0.6 is 0 Å². The standard InChI is InChI=1S/C16H22N2O4/c1-11-9-20-6-5-18(11)8-16(19)17-12(2)13-3-4-14-15(7-13)22-10-21-14/h3-4,7,11-12H,5-6,8-10H2,1-2H3,(H,17,19)/t11-,12-/m1/s1. The summed E-state index contributed by atoms with van der Waals surface area (Å²) in [6.07, 6.45) is 0. The molecule has 2 atom stereocenters. The highest BCUT2D eigenvalue weighted by Crippen LogP contribution is 2.34. The van der Waals surface area contributed by atoms with E-state index in [9.17, 15) is 4.79 Å². The van der Waals surface area contributed by atoms with Gasteiger partial charge in [0.25, 0.3) is 0 Å². The van der Waals surface area contributed by atoms with Crippen molar-refractivity contribution in [1.82, 2.24) is 10.2 Å². The molecule has 0 radical (unpaired) electrons. The molecule has 0 saturated carbocycles. The Morgan fingerprint density at radius 1 is 1.41 bits per heavy atom. The van der Waals surface area contributed by atoms with E-state index in [2.05, 4.69) is 17.1 Å². The number of fused-ring (bicyclic) bond motifs is 1. The van der Waals surface area contributed by atoms with Gasteiger partial charge in [0.1, 0.15) is 0 Å². The first-order valence-corrected chi connectivity index (χ1v) is 7.64. The van der Waals surface area contributed by atoms with Gasteiger partial charge in [-0.15, -0.1) is 0 Å². The van der Waals surface area contributed by atoms with Crippen LogP contribution in [0.1, 0.15) is 25.5 Å². The zero-order valence-corrected chi connectivity index (χ0v) is 13.0. The monoisotopic (exact) mass is 306 g/mol. The molecule has 0 unspecified atom stereocenters. The molecule has 2 aliphatic heterocycles. The lowest BCUT2D eigenvalue weighted by Crippen LogP contribution is -2.48. The Balaban J connectivity index is 1.56. The maximum atomic E-state index is 12.2. The average molecular weight is 306 g/mol. The number of benzene rings is 1. The van der Waals surface area contributed by atoms with Crippen LogP contribution in [0.3, 0.4) is 0 Å². The van der Waals surface area contributed by atoms with Gasteiger partial charge in [-0.25, -0.2) is 0 Å². The molecule has 1 N–H and O–H groups in total. The van der Waals surface area contributed by atoms with Crippen LogP contribution in [0.2, 0.25) is 0 Å². The molecule has 120 valence electrons. The zero-order valence-electron chi connectivity index (χ0n) is 13.0. The number of hydrogen-bond acceptors (Lipinski definition) is 5. The predicted octanol–water partition coefficient (Wildman–Crippen LogP) is 1.31. The van der Waals surface area contributed by atoms with Gasteiger partial charge in [-0.3, -0.25) is 9.69 Å². The van der Waals surface area contributed by atoms with Crippen molar-refractivity contribution in [2.75, 3.05) is 33.1 Å². The van der Waals surface area contributed by atoms with Gasteiger partial charge >= 0.3 is 0 Å². The highest BCUT2D eigenvalue weighted by Gasteiger charge is 2.22. The van der Waals surface area contributed by atoms with Crippen molar-refractivity contribution < 1.29 is 19.0 Å². The summed E-state index contributed by atoms with van der Waals surface area (Å²) < 4.78 is 16.1. The van der Waals surface area contributed by atoms with Gasteiger partial charge in [0, 0.05) is 12.6 Å². The second-order valence-electron chi connectivity index (χ2n) is 5.80. The van der Waals surface area contributed by atoms with Crippen LogP contribution in [-0.4, -0.2) is 49.9 Å². The van der Waals surface area contributed by atoms with Crippen LogP contribution < -0.4 is 14.8 Å². The van der Waals surface area contributed by atoms with Crippen molar-refractivity contribution in [2.24, 2.45) is 0 Å². The molecule has 1 amide bonds. The molecule has 2 aliphatic rings. The van der Waals surface area contributed by atoms with Crippen molar-refractivity contribution in [3.05, 3.63) is 23.8 Å². The van der Waals surface area contributed by atoms with Gasteiger partial charge in [-0.05, 0) is 31.5 Å². The van der Waals surface area contributed by atoms with E-state index in [1.165, 1.54) is 0 Å². The molecule has 0 spiro atoms. The Morgan fingerprint density at radius 2 is 2.23 bits per heavy atom. The Hall–Kier alpha value is -1.79.